The van der Waals surface area contributed by atoms with Crippen molar-refractivity contribution in [3.05, 3.63) is 35.6 Å². The zero-order valence-corrected chi connectivity index (χ0v) is 12.1. The Labute approximate surface area is 115 Å². The lowest BCUT2D eigenvalue weighted by molar-refractivity contribution is 0.191. The van der Waals surface area contributed by atoms with Gasteiger partial charge in [0.2, 0.25) is 0 Å². The smallest absolute Gasteiger partial charge is 0.127 e. The van der Waals surface area contributed by atoms with Crippen LogP contribution >= 0.6 is 0 Å². The van der Waals surface area contributed by atoms with Crippen LogP contribution in [0.25, 0.3) is 0 Å². The molecule has 1 aromatic carbocycles. The van der Waals surface area contributed by atoms with Gasteiger partial charge >= 0.3 is 0 Å². The Morgan fingerprint density at radius 2 is 2.05 bits per heavy atom. The maximum absolute atomic E-state index is 13.9. The minimum atomic E-state index is -0.162. The Kier molecular flexibility index (Phi) is 6.99. The maximum Gasteiger partial charge on any atom is 0.127 e. The van der Waals surface area contributed by atoms with E-state index >= 15 is 0 Å². The fourth-order valence-corrected chi connectivity index (χ4v) is 2.42. The molecule has 0 bridgehead atoms. The number of likely N-dealkylation sites (N-methyl/N-ethyl adjacent to an activating group) is 1. The van der Waals surface area contributed by atoms with E-state index in [0.29, 0.717) is 12.1 Å². The summed E-state index contributed by atoms with van der Waals surface area (Å²) in [5.74, 6) is 0.0958. The lowest BCUT2D eigenvalue weighted by Crippen LogP contribution is -2.35. The molecule has 0 saturated heterocycles. The van der Waals surface area contributed by atoms with Crippen LogP contribution < -0.4 is 5.32 Å². The first-order chi connectivity index (χ1) is 9.10. The number of nitrogens with one attached hydrogen (secondary N) is 1. The molecule has 2 atom stereocenters. The topological polar surface area (TPSA) is 35.5 Å². The maximum atomic E-state index is 13.9. The van der Waals surface area contributed by atoms with Crippen molar-refractivity contribution < 1.29 is 9.50 Å². The van der Waals surface area contributed by atoms with E-state index in [4.69, 9.17) is 5.11 Å². The molecule has 0 saturated carbocycles. The van der Waals surface area contributed by atoms with Crippen molar-refractivity contribution in [2.45, 2.75) is 19.9 Å². The molecule has 4 heteroatoms. The third-order valence-electron chi connectivity index (χ3n) is 3.31. The van der Waals surface area contributed by atoms with Crippen molar-refractivity contribution >= 4 is 0 Å². The summed E-state index contributed by atoms with van der Waals surface area (Å²) in [7, 11) is 1.97. The predicted molar refractivity (Wildman–Crippen MR) is 76.6 cm³/mol. The second-order valence-corrected chi connectivity index (χ2v) is 5.02. The minimum Gasteiger partial charge on any atom is -0.395 e. The highest BCUT2D eigenvalue weighted by atomic mass is 19.1. The highest BCUT2D eigenvalue weighted by Gasteiger charge is 2.22. The van der Waals surface area contributed by atoms with Gasteiger partial charge in [0, 0.05) is 24.7 Å². The van der Waals surface area contributed by atoms with E-state index in [2.05, 4.69) is 17.1 Å². The Morgan fingerprint density at radius 3 is 2.63 bits per heavy atom. The zero-order chi connectivity index (χ0) is 14.3. The van der Waals surface area contributed by atoms with E-state index in [9.17, 15) is 4.39 Å². The second-order valence-electron chi connectivity index (χ2n) is 5.02. The first kappa shape index (κ1) is 16.1. The van der Waals surface area contributed by atoms with Crippen LogP contribution in [-0.2, 0) is 0 Å². The van der Waals surface area contributed by atoms with Crippen molar-refractivity contribution in [2.75, 3.05) is 33.3 Å². The van der Waals surface area contributed by atoms with Gasteiger partial charge in [0.05, 0.1) is 6.61 Å². The molecule has 0 aliphatic carbocycles. The van der Waals surface area contributed by atoms with Gasteiger partial charge in [-0.25, -0.2) is 4.39 Å². The Balaban J connectivity index is 2.79. The molecule has 0 spiro atoms. The molecule has 108 valence electrons. The normalized spacial score (nSPS) is 14.6. The number of aliphatic hydroxyl groups is 1. The van der Waals surface area contributed by atoms with Crippen molar-refractivity contribution in [3.63, 3.8) is 0 Å². The van der Waals surface area contributed by atoms with Crippen LogP contribution in [0.15, 0.2) is 24.3 Å². The summed E-state index contributed by atoms with van der Waals surface area (Å²) in [6.07, 6.45) is 0. The van der Waals surface area contributed by atoms with E-state index in [1.165, 1.54) is 6.07 Å². The summed E-state index contributed by atoms with van der Waals surface area (Å²) in [6.45, 7) is 6.53. The molecule has 0 aliphatic heterocycles. The van der Waals surface area contributed by atoms with Crippen molar-refractivity contribution in [1.82, 2.24) is 10.2 Å². The zero-order valence-electron chi connectivity index (χ0n) is 12.1. The van der Waals surface area contributed by atoms with E-state index in [1.807, 2.05) is 26.1 Å². The van der Waals surface area contributed by atoms with Gasteiger partial charge in [-0.05, 0) is 25.6 Å². The van der Waals surface area contributed by atoms with Crippen LogP contribution in [0, 0.1) is 11.7 Å². The Hall–Kier alpha value is -0.970. The lowest BCUT2D eigenvalue weighted by atomic mass is 9.93. The van der Waals surface area contributed by atoms with Gasteiger partial charge in [-0.15, -0.1) is 0 Å². The van der Waals surface area contributed by atoms with Gasteiger partial charge in [-0.3, -0.25) is 0 Å². The number of hydrogen-bond donors (Lipinski definition) is 2. The summed E-state index contributed by atoms with van der Waals surface area (Å²) in [6, 6.07) is 6.92. The average molecular weight is 268 g/mol. The van der Waals surface area contributed by atoms with Crippen LogP contribution in [0.5, 0.6) is 0 Å². The Morgan fingerprint density at radius 1 is 1.37 bits per heavy atom. The number of aliphatic hydroxyl groups excluding tert-OH is 1. The van der Waals surface area contributed by atoms with Crippen LogP contribution in [0.4, 0.5) is 4.39 Å². The highest BCUT2D eigenvalue weighted by molar-refractivity contribution is 5.22. The fraction of sp³-hybridized carbons (Fsp3) is 0.600. The van der Waals surface area contributed by atoms with E-state index in [1.54, 1.807) is 6.07 Å². The highest BCUT2D eigenvalue weighted by Crippen LogP contribution is 2.24. The summed E-state index contributed by atoms with van der Waals surface area (Å²) >= 11 is 0. The van der Waals surface area contributed by atoms with E-state index < -0.39 is 0 Å². The van der Waals surface area contributed by atoms with Crippen LogP contribution in [-0.4, -0.2) is 43.3 Å². The molecule has 1 aromatic rings. The third-order valence-corrected chi connectivity index (χ3v) is 3.31. The molecule has 19 heavy (non-hydrogen) atoms. The van der Waals surface area contributed by atoms with Crippen molar-refractivity contribution in [1.29, 1.82) is 0 Å². The van der Waals surface area contributed by atoms with Gasteiger partial charge in [-0.2, -0.15) is 0 Å². The molecule has 1 rings (SSSR count). The predicted octanol–water partition coefficient (Wildman–Crippen LogP) is 2.04. The fourth-order valence-electron chi connectivity index (χ4n) is 2.42. The SMILES string of the molecule is CCNC(c1ccccc1F)C(C)CN(C)CCO. The molecule has 2 N–H and O–H groups in total. The van der Waals surface area contributed by atoms with Crippen LogP contribution in [0.3, 0.4) is 0 Å². The molecule has 0 aromatic heterocycles. The molecule has 0 heterocycles. The van der Waals surface area contributed by atoms with E-state index in [0.717, 1.165) is 13.1 Å². The number of halogens is 1. The largest absolute Gasteiger partial charge is 0.395 e. The second kappa shape index (κ2) is 8.25. The molecule has 0 aliphatic rings. The van der Waals surface area contributed by atoms with Gasteiger partial charge < -0.3 is 15.3 Å². The van der Waals surface area contributed by atoms with Gasteiger partial charge in [0.1, 0.15) is 5.82 Å². The molecular formula is C15H25FN2O. The molecule has 0 fully saturated rings. The monoisotopic (exact) mass is 268 g/mol. The van der Waals surface area contributed by atoms with Crippen molar-refractivity contribution in [2.24, 2.45) is 5.92 Å². The van der Waals surface area contributed by atoms with Gasteiger partial charge in [-0.1, -0.05) is 32.0 Å². The number of rotatable bonds is 8. The molecule has 0 amide bonds. The summed E-state index contributed by atoms with van der Waals surface area (Å²) in [5.41, 5.74) is 0.717. The van der Waals surface area contributed by atoms with Crippen LogP contribution in [0.2, 0.25) is 0 Å². The number of nitrogens with zero attached hydrogens (tertiary/aromatic N) is 1. The molecule has 3 nitrogen and oxygen atoms in total. The third kappa shape index (κ3) is 4.90. The summed E-state index contributed by atoms with van der Waals surface area (Å²) in [4.78, 5) is 2.07. The van der Waals surface area contributed by atoms with Crippen molar-refractivity contribution in [3.8, 4) is 0 Å². The molecule has 2 unspecified atom stereocenters. The first-order valence-corrected chi connectivity index (χ1v) is 6.87. The number of benzene rings is 1. The summed E-state index contributed by atoms with van der Waals surface area (Å²) in [5, 5.41) is 12.3. The standard InChI is InChI=1S/C15H25FN2O/c1-4-17-15(12(2)11-18(3)9-10-19)13-7-5-6-8-14(13)16/h5-8,12,15,17,19H,4,9-11H2,1-3H3. The molecular weight excluding hydrogens is 243 g/mol. The van der Waals surface area contributed by atoms with E-state index in [-0.39, 0.29) is 24.4 Å². The van der Waals surface area contributed by atoms with Crippen LogP contribution in [0.1, 0.15) is 25.5 Å². The lowest BCUT2D eigenvalue weighted by Gasteiger charge is -2.29. The quantitative estimate of drug-likeness (QED) is 0.757. The Bertz CT molecular complexity index is 373. The van der Waals surface area contributed by atoms with Gasteiger partial charge in [0.15, 0.2) is 0 Å². The summed E-state index contributed by atoms with van der Waals surface area (Å²) < 4.78 is 13.9. The average Bonchev–Trinajstić information content (AvgIpc) is 2.37. The van der Waals surface area contributed by atoms with Gasteiger partial charge in [0.25, 0.3) is 0 Å². The number of hydrogen-bond acceptors (Lipinski definition) is 3. The molecule has 0 radical (unpaired) electrons. The minimum absolute atomic E-state index is 0.00709. The first-order valence-electron chi connectivity index (χ1n) is 6.87.